The first-order chi connectivity index (χ1) is 18.5. The van der Waals surface area contributed by atoms with Crippen molar-refractivity contribution in [3.05, 3.63) is 90.9 Å². The van der Waals surface area contributed by atoms with Gasteiger partial charge in [-0.15, -0.1) is 11.3 Å². The minimum atomic E-state index is -0.488. The zero-order chi connectivity index (χ0) is 26.2. The summed E-state index contributed by atoms with van der Waals surface area (Å²) in [6, 6.07) is 16.9. The summed E-state index contributed by atoms with van der Waals surface area (Å²) in [7, 11) is 0. The van der Waals surface area contributed by atoms with Crippen LogP contribution in [0.4, 0.5) is 5.69 Å². The van der Waals surface area contributed by atoms with Crippen LogP contribution in [0, 0.1) is 0 Å². The smallest absolute Gasteiger partial charge is 0.337 e. The van der Waals surface area contributed by atoms with Gasteiger partial charge in [0.25, 0.3) is 5.56 Å². The lowest BCUT2D eigenvalue weighted by molar-refractivity contribution is -0.132. The number of hydrogen-bond donors (Lipinski definition) is 0. The van der Waals surface area contributed by atoms with E-state index in [4.69, 9.17) is 11.6 Å². The van der Waals surface area contributed by atoms with Crippen molar-refractivity contribution < 1.29 is 4.79 Å². The lowest BCUT2D eigenvalue weighted by atomic mass is 10.1. The number of benzene rings is 2. The molecule has 4 aromatic rings. The van der Waals surface area contributed by atoms with Crippen molar-refractivity contribution in [3.8, 4) is 5.69 Å². The molecule has 196 valence electrons. The average molecular weight is 549 g/mol. The van der Waals surface area contributed by atoms with Gasteiger partial charge in [0.15, 0.2) is 0 Å². The summed E-state index contributed by atoms with van der Waals surface area (Å²) in [4.78, 5) is 47.1. The number of anilines is 1. The molecule has 0 radical (unpaired) electrons. The molecule has 9 heteroatoms. The van der Waals surface area contributed by atoms with Crippen molar-refractivity contribution in [1.29, 1.82) is 0 Å². The van der Waals surface area contributed by atoms with Crippen LogP contribution in [0.25, 0.3) is 15.9 Å². The molecule has 1 aliphatic heterocycles. The highest BCUT2D eigenvalue weighted by Gasteiger charge is 2.27. The summed E-state index contributed by atoms with van der Waals surface area (Å²) >= 11 is 7.59. The zero-order valence-electron chi connectivity index (χ0n) is 21.1. The number of nitrogens with zero attached hydrogens (tertiary/aromatic N) is 4. The third kappa shape index (κ3) is 4.56. The van der Waals surface area contributed by atoms with Gasteiger partial charge in [-0.2, -0.15) is 0 Å². The molecular formula is C29H29ClN4O3S. The number of fused-ring (bicyclic) bond motifs is 3. The van der Waals surface area contributed by atoms with Crippen LogP contribution in [0.15, 0.2) is 64.2 Å². The molecule has 7 nitrogen and oxygen atoms in total. The van der Waals surface area contributed by atoms with Gasteiger partial charge in [-0.05, 0) is 67.6 Å². The number of halogens is 1. The van der Waals surface area contributed by atoms with Crippen LogP contribution in [0.1, 0.15) is 29.7 Å². The first-order valence-electron chi connectivity index (χ1n) is 13.1. The van der Waals surface area contributed by atoms with E-state index in [1.807, 2.05) is 23.1 Å². The van der Waals surface area contributed by atoms with Crippen LogP contribution < -0.4 is 16.1 Å². The molecule has 0 spiro atoms. The summed E-state index contributed by atoms with van der Waals surface area (Å²) in [6.07, 6.45) is 4.93. The summed E-state index contributed by atoms with van der Waals surface area (Å²) in [5.41, 5.74) is 1.85. The highest BCUT2D eigenvalue weighted by molar-refractivity contribution is 7.18. The Kier molecular flexibility index (Phi) is 6.84. The van der Waals surface area contributed by atoms with Gasteiger partial charge in [0, 0.05) is 41.8 Å². The van der Waals surface area contributed by atoms with Crippen LogP contribution in [0.3, 0.4) is 0 Å². The number of hydrogen-bond acceptors (Lipinski definition) is 5. The summed E-state index contributed by atoms with van der Waals surface area (Å²) < 4.78 is 2.73. The second-order valence-electron chi connectivity index (χ2n) is 9.93. The molecule has 1 fully saturated rings. The Morgan fingerprint density at radius 3 is 2.29 bits per heavy atom. The van der Waals surface area contributed by atoms with E-state index in [0.717, 1.165) is 56.4 Å². The standard InChI is InChI=1S/C29H29ClN4O3S/c30-20-11-13-22(14-12-20)34-27(36)26-23-9-5-2-6-10-24(23)38-28(26)33(29(34)37)19-25(35)32-17-15-31(16-18-32)21-7-3-1-4-8-21/h1,3-4,7-8,11-14H,2,5-6,9-10,15-19H2. The highest BCUT2D eigenvalue weighted by atomic mass is 35.5. The largest absolute Gasteiger partial charge is 0.368 e. The molecule has 0 bridgehead atoms. The molecule has 2 aromatic heterocycles. The van der Waals surface area contributed by atoms with Crippen LogP contribution in [0.5, 0.6) is 0 Å². The number of para-hydroxylation sites is 1. The minimum Gasteiger partial charge on any atom is -0.368 e. The Balaban J connectivity index is 1.38. The van der Waals surface area contributed by atoms with Gasteiger partial charge in [-0.25, -0.2) is 9.36 Å². The lowest BCUT2D eigenvalue weighted by Crippen LogP contribution is -2.50. The predicted octanol–water partition coefficient (Wildman–Crippen LogP) is 4.49. The van der Waals surface area contributed by atoms with Gasteiger partial charge in [-0.3, -0.25) is 14.2 Å². The number of aromatic nitrogens is 2. The van der Waals surface area contributed by atoms with Gasteiger partial charge >= 0.3 is 5.69 Å². The molecule has 1 saturated heterocycles. The maximum absolute atomic E-state index is 13.8. The normalized spacial score (nSPS) is 15.9. The molecule has 0 saturated carbocycles. The lowest BCUT2D eigenvalue weighted by Gasteiger charge is -2.36. The number of thiophene rings is 1. The summed E-state index contributed by atoms with van der Waals surface area (Å²) in [5, 5.41) is 1.11. The molecule has 3 heterocycles. The van der Waals surface area contributed by atoms with E-state index in [1.54, 1.807) is 24.3 Å². The quantitative estimate of drug-likeness (QED) is 0.353. The third-order valence-corrected chi connectivity index (χ3v) is 9.19. The number of aryl methyl sites for hydroxylation is 2. The van der Waals surface area contributed by atoms with Gasteiger partial charge < -0.3 is 9.80 Å². The van der Waals surface area contributed by atoms with Gasteiger partial charge in [-0.1, -0.05) is 36.2 Å². The van der Waals surface area contributed by atoms with E-state index >= 15 is 0 Å². The molecular weight excluding hydrogens is 520 g/mol. The third-order valence-electron chi connectivity index (χ3n) is 7.62. The second kappa shape index (κ2) is 10.4. The topological polar surface area (TPSA) is 67.5 Å². The van der Waals surface area contributed by atoms with E-state index in [2.05, 4.69) is 17.0 Å². The SMILES string of the molecule is O=C(Cn1c(=O)n(-c2ccc(Cl)cc2)c(=O)c2c3c(sc21)CCCCC3)N1CCN(c2ccccc2)CC1. The van der Waals surface area contributed by atoms with Crippen LogP contribution in [-0.4, -0.2) is 46.1 Å². The minimum absolute atomic E-state index is 0.0894. The summed E-state index contributed by atoms with van der Waals surface area (Å²) in [6.45, 7) is 2.55. The van der Waals surface area contributed by atoms with E-state index < -0.39 is 5.69 Å². The van der Waals surface area contributed by atoms with Crippen LogP contribution >= 0.6 is 22.9 Å². The van der Waals surface area contributed by atoms with Crippen LogP contribution in [0.2, 0.25) is 5.02 Å². The Morgan fingerprint density at radius 1 is 0.842 bits per heavy atom. The molecule has 1 aliphatic carbocycles. The van der Waals surface area contributed by atoms with Gasteiger partial charge in [0.05, 0.1) is 11.1 Å². The molecule has 0 atom stereocenters. The number of amides is 1. The fourth-order valence-corrected chi connectivity index (χ4v) is 7.09. The first-order valence-corrected chi connectivity index (χ1v) is 14.3. The predicted molar refractivity (Wildman–Crippen MR) is 153 cm³/mol. The molecule has 0 N–H and O–H groups in total. The second-order valence-corrected chi connectivity index (χ2v) is 11.5. The van der Waals surface area contributed by atoms with Crippen molar-refractivity contribution in [1.82, 2.24) is 14.0 Å². The Labute approximate surface area is 229 Å². The zero-order valence-corrected chi connectivity index (χ0v) is 22.6. The molecule has 1 amide bonds. The molecule has 38 heavy (non-hydrogen) atoms. The maximum atomic E-state index is 13.8. The number of rotatable bonds is 4. The van der Waals surface area contributed by atoms with Gasteiger partial charge in [0.1, 0.15) is 11.4 Å². The monoisotopic (exact) mass is 548 g/mol. The summed E-state index contributed by atoms with van der Waals surface area (Å²) in [5.74, 6) is -0.106. The van der Waals surface area contributed by atoms with E-state index in [9.17, 15) is 14.4 Å². The molecule has 2 aromatic carbocycles. The van der Waals surface area contributed by atoms with Crippen molar-refractivity contribution >= 4 is 44.7 Å². The number of piperazine rings is 1. The molecule has 6 rings (SSSR count). The number of carbonyl (C=O) groups excluding carboxylic acids is 1. The molecule has 2 aliphatic rings. The van der Waals surface area contributed by atoms with Crippen molar-refractivity contribution in [2.24, 2.45) is 0 Å². The highest BCUT2D eigenvalue weighted by Crippen LogP contribution is 2.33. The number of carbonyl (C=O) groups is 1. The van der Waals surface area contributed by atoms with Gasteiger partial charge in [0.2, 0.25) is 5.91 Å². The van der Waals surface area contributed by atoms with Crippen molar-refractivity contribution in [3.63, 3.8) is 0 Å². The van der Waals surface area contributed by atoms with Crippen molar-refractivity contribution in [2.75, 3.05) is 31.1 Å². The molecule has 0 unspecified atom stereocenters. The Morgan fingerprint density at radius 2 is 1.55 bits per heavy atom. The maximum Gasteiger partial charge on any atom is 0.337 e. The Bertz CT molecular complexity index is 1600. The van der Waals surface area contributed by atoms with Crippen molar-refractivity contribution in [2.45, 2.75) is 38.6 Å². The van der Waals surface area contributed by atoms with E-state index in [1.165, 1.54) is 25.3 Å². The van der Waals surface area contributed by atoms with Crippen LogP contribution in [-0.2, 0) is 24.2 Å². The van der Waals surface area contributed by atoms with E-state index in [-0.39, 0.29) is 18.0 Å². The average Bonchev–Trinajstić information content (AvgIpc) is 3.15. The fourth-order valence-electron chi connectivity index (χ4n) is 5.59. The first kappa shape index (κ1) is 24.9. The van der Waals surface area contributed by atoms with E-state index in [0.29, 0.717) is 34.0 Å². The Hall–Kier alpha value is -3.36. The fraction of sp³-hybridized carbons (Fsp3) is 0.345.